The molecule has 2 aromatic rings. The molecule has 0 aliphatic carbocycles. The quantitative estimate of drug-likeness (QED) is 0.740. The Balaban J connectivity index is 2.15. The first-order chi connectivity index (χ1) is 8.31. The Morgan fingerprint density at radius 3 is 3.00 bits per heavy atom. The van der Waals surface area contributed by atoms with Gasteiger partial charge in [0, 0.05) is 18.0 Å². The van der Waals surface area contributed by atoms with Crippen molar-refractivity contribution in [2.24, 2.45) is 5.92 Å². The zero-order valence-electron chi connectivity index (χ0n) is 9.80. The molecule has 0 radical (unpaired) electrons. The van der Waals surface area contributed by atoms with Crippen molar-refractivity contribution in [3.8, 4) is 5.75 Å². The molecule has 17 heavy (non-hydrogen) atoms. The lowest BCUT2D eigenvalue weighted by atomic mass is 10.1. The molecule has 0 spiro atoms. The number of hydrogen-bond donors (Lipinski definition) is 0. The van der Waals surface area contributed by atoms with E-state index in [4.69, 9.17) is 4.74 Å². The number of ether oxygens (including phenoxy) is 1. The van der Waals surface area contributed by atoms with Gasteiger partial charge in [0.1, 0.15) is 17.6 Å². The molecule has 1 heterocycles. The molecule has 0 aliphatic rings. The summed E-state index contributed by atoms with van der Waals surface area (Å²) in [6.45, 7) is 2.53. The van der Waals surface area contributed by atoms with Gasteiger partial charge in [-0.05, 0) is 18.1 Å². The van der Waals surface area contributed by atoms with Crippen LogP contribution in [0.4, 0.5) is 0 Å². The van der Waals surface area contributed by atoms with Gasteiger partial charge in [-0.25, -0.2) is 0 Å². The summed E-state index contributed by atoms with van der Waals surface area (Å²) in [4.78, 5) is 14.7. The first-order valence-electron chi connectivity index (χ1n) is 5.71. The smallest absolute Gasteiger partial charge is 0.145 e. The van der Waals surface area contributed by atoms with Crippen molar-refractivity contribution in [3.63, 3.8) is 0 Å². The third-order valence-corrected chi connectivity index (χ3v) is 2.62. The molecule has 0 saturated carbocycles. The third kappa shape index (κ3) is 2.81. The van der Waals surface area contributed by atoms with E-state index in [2.05, 4.69) is 4.98 Å². The highest BCUT2D eigenvalue weighted by atomic mass is 16.5. The van der Waals surface area contributed by atoms with E-state index >= 15 is 0 Å². The van der Waals surface area contributed by atoms with Crippen LogP contribution in [0.3, 0.4) is 0 Å². The second-order valence-electron chi connectivity index (χ2n) is 4.15. The lowest BCUT2D eigenvalue weighted by molar-refractivity contribution is -0.108. The topological polar surface area (TPSA) is 39.2 Å². The van der Waals surface area contributed by atoms with Crippen LogP contribution in [-0.4, -0.2) is 17.9 Å². The number of aldehydes is 1. The number of para-hydroxylation sites is 1. The number of nitrogens with zero attached hydrogens (tertiary/aromatic N) is 1. The van der Waals surface area contributed by atoms with E-state index in [1.807, 2.05) is 37.3 Å². The number of benzene rings is 1. The molecule has 0 saturated heterocycles. The number of carbonyl (C=O) groups is 1. The van der Waals surface area contributed by atoms with Gasteiger partial charge in [0.2, 0.25) is 0 Å². The number of pyridine rings is 1. The Morgan fingerprint density at radius 2 is 2.18 bits per heavy atom. The second-order valence-corrected chi connectivity index (χ2v) is 4.15. The van der Waals surface area contributed by atoms with Gasteiger partial charge in [-0.2, -0.15) is 0 Å². The summed E-state index contributed by atoms with van der Waals surface area (Å²) >= 11 is 0. The van der Waals surface area contributed by atoms with E-state index in [-0.39, 0.29) is 5.92 Å². The number of aromatic nitrogens is 1. The van der Waals surface area contributed by atoms with Gasteiger partial charge in [0.25, 0.3) is 0 Å². The highest BCUT2D eigenvalue weighted by Gasteiger charge is 2.05. The standard InChI is InChI=1S/C14H15NO2/c1-11(7-9-16)10-17-13-6-2-4-12-5-3-8-15-14(12)13/h2-6,8-9,11H,7,10H2,1H3. The summed E-state index contributed by atoms with van der Waals surface area (Å²) in [5.41, 5.74) is 0.869. The zero-order chi connectivity index (χ0) is 12.1. The lowest BCUT2D eigenvalue weighted by Crippen LogP contribution is -2.09. The van der Waals surface area contributed by atoms with Crippen molar-refractivity contribution in [3.05, 3.63) is 36.5 Å². The molecule has 0 bridgehead atoms. The molecule has 2 rings (SSSR count). The summed E-state index contributed by atoms with van der Waals surface area (Å²) in [6, 6.07) is 9.77. The minimum absolute atomic E-state index is 0.228. The zero-order valence-corrected chi connectivity index (χ0v) is 9.80. The number of carbonyl (C=O) groups excluding carboxylic acids is 1. The summed E-state index contributed by atoms with van der Waals surface area (Å²) in [7, 11) is 0. The molecule has 0 N–H and O–H groups in total. The number of hydrogen-bond acceptors (Lipinski definition) is 3. The molecule has 3 heteroatoms. The van der Waals surface area contributed by atoms with E-state index in [0.29, 0.717) is 13.0 Å². The summed E-state index contributed by atoms with van der Waals surface area (Å²) in [5, 5.41) is 1.06. The SMILES string of the molecule is CC(CC=O)COc1cccc2cccnc12. The Morgan fingerprint density at radius 1 is 1.35 bits per heavy atom. The molecule has 1 aromatic carbocycles. The highest BCUT2D eigenvalue weighted by Crippen LogP contribution is 2.23. The van der Waals surface area contributed by atoms with Crippen LogP contribution in [-0.2, 0) is 4.79 Å². The minimum Gasteiger partial charge on any atom is -0.491 e. The van der Waals surface area contributed by atoms with Gasteiger partial charge in [-0.3, -0.25) is 4.98 Å². The van der Waals surface area contributed by atoms with Crippen LogP contribution >= 0.6 is 0 Å². The van der Waals surface area contributed by atoms with E-state index in [1.54, 1.807) is 6.20 Å². The van der Waals surface area contributed by atoms with Crippen molar-refractivity contribution in [1.82, 2.24) is 4.98 Å². The van der Waals surface area contributed by atoms with Gasteiger partial charge in [0.15, 0.2) is 0 Å². The molecule has 0 fully saturated rings. The Hall–Kier alpha value is -1.90. The van der Waals surface area contributed by atoms with Crippen LogP contribution in [0, 0.1) is 5.92 Å². The first kappa shape index (κ1) is 11.6. The lowest BCUT2D eigenvalue weighted by Gasteiger charge is -2.11. The van der Waals surface area contributed by atoms with Crippen molar-refractivity contribution in [2.75, 3.05) is 6.61 Å². The van der Waals surface area contributed by atoms with Crippen LogP contribution in [0.5, 0.6) is 5.75 Å². The number of rotatable bonds is 5. The molecule has 1 atom stereocenters. The van der Waals surface area contributed by atoms with Gasteiger partial charge >= 0.3 is 0 Å². The summed E-state index contributed by atoms with van der Waals surface area (Å²) in [6.07, 6.45) is 3.21. The third-order valence-electron chi connectivity index (χ3n) is 2.62. The summed E-state index contributed by atoms with van der Waals surface area (Å²) < 4.78 is 5.71. The van der Waals surface area contributed by atoms with Crippen LogP contribution < -0.4 is 4.74 Å². The average Bonchev–Trinajstić information content (AvgIpc) is 2.36. The Kier molecular flexibility index (Phi) is 3.70. The fourth-order valence-electron chi connectivity index (χ4n) is 1.66. The fraction of sp³-hybridized carbons (Fsp3) is 0.286. The monoisotopic (exact) mass is 229 g/mol. The van der Waals surface area contributed by atoms with Crippen LogP contribution in [0.2, 0.25) is 0 Å². The van der Waals surface area contributed by atoms with E-state index in [0.717, 1.165) is 22.9 Å². The van der Waals surface area contributed by atoms with E-state index in [1.165, 1.54) is 0 Å². The maximum Gasteiger partial charge on any atom is 0.145 e. The van der Waals surface area contributed by atoms with Crippen LogP contribution in [0.1, 0.15) is 13.3 Å². The largest absolute Gasteiger partial charge is 0.491 e. The van der Waals surface area contributed by atoms with Crippen molar-refractivity contribution >= 4 is 17.2 Å². The molecule has 1 aromatic heterocycles. The number of fused-ring (bicyclic) bond motifs is 1. The second kappa shape index (κ2) is 5.43. The van der Waals surface area contributed by atoms with Gasteiger partial charge in [-0.1, -0.05) is 25.1 Å². The normalized spacial score (nSPS) is 12.3. The molecule has 0 aliphatic heterocycles. The molecule has 88 valence electrons. The molecular formula is C14H15NO2. The van der Waals surface area contributed by atoms with Gasteiger partial charge in [-0.15, -0.1) is 0 Å². The van der Waals surface area contributed by atoms with Crippen LogP contribution in [0.15, 0.2) is 36.5 Å². The van der Waals surface area contributed by atoms with E-state index < -0.39 is 0 Å². The maximum absolute atomic E-state index is 10.4. The predicted octanol–water partition coefficient (Wildman–Crippen LogP) is 2.84. The maximum atomic E-state index is 10.4. The van der Waals surface area contributed by atoms with Crippen molar-refractivity contribution in [2.45, 2.75) is 13.3 Å². The van der Waals surface area contributed by atoms with E-state index in [9.17, 15) is 4.79 Å². The molecule has 1 unspecified atom stereocenters. The highest BCUT2D eigenvalue weighted by molar-refractivity contribution is 5.84. The average molecular weight is 229 g/mol. The summed E-state index contributed by atoms with van der Waals surface area (Å²) in [5.74, 6) is 1.01. The molecule has 0 amide bonds. The van der Waals surface area contributed by atoms with Crippen molar-refractivity contribution in [1.29, 1.82) is 0 Å². The Labute approximate surface area is 100 Å². The first-order valence-corrected chi connectivity index (χ1v) is 5.71. The Bertz CT molecular complexity index is 505. The molecular weight excluding hydrogens is 214 g/mol. The fourth-order valence-corrected chi connectivity index (χ4v) is 1.66. The van der Waals surface area contributed by atoms with Gasteiger partial charge in [0.05, 0.1) is 6.61 Å². The molecule has 3 nitrogen and oxygen atoms in total. The minimum atomic E-state index is 0.228. The predicted molar refractivity (Wildman–Crippen MR) is 67.1 cm³/mol. The van der Waals surface area contributed by atoms with Crippen molar-refractivity contribution < 1.29 is 9.53 Å². The van der Waals surface area contributed by atoms with Gasteiger partial charge < -0.3 is 9.53 Å². The van der Waals surface area contributed by atoms with Crippen LogP contribution in [0.25, 0.3) is 10.9 Å².